The molecule has 5 nitrogen and oxygen atoms in total. The molecule has 1 heterocycles. The zero-order valence-electron chi connectivity index (χ0n) is 9.96. The summed E-state index contributed by atoms with van der Waals surface area (Å²) in [6.45, 7) is 5.87. The first-order valence-electron chi connectivity index (χ1n) is 5.99. The van der Waals surface area contributed by atoms with Gasteiger partial charge in [-0.3, -0.25) is 4.79 Å². The Bertz CT molecular complexity index is 194. The van der Waals surface area contributed by atoms with E-state index in [0.717, 1.165) is 25.9 Å². The van der Waals surface area contributed by atoms with Crippen LogP contribution in [0, 0.1) is 0 Å². The van der Waals surface area contributed by atoms with Crippen molar-refractivity contribution in [3.63, 3.8) is 0 Å². The van der Waals surface area contributed by atoms with E-state index in [4.69, 9.17) is 9.47 Å². The minimum atomic E-state index is -0.0572. The second kappa shape index (κ2) is 8.50. The molecule has 0 aromatic rings. The van der Waals surface area contributed by atoms with Crippen LogP contribution in [0.4, 0.5) is 0 Å². The maximum Gasteiger partial charge on any atom is 0.246 e. The van der Waals surface area contributed by atoms with Crippen LogP contribution in [0.3, 0.4) is 0 Å². The number of amides is 1. The van der Waals surface area contributed by atoms with Gasteiger partial charge >= 0.3 is 0 Å². The third kappa shape index (κ3) is 6.05. The highest BCUT2D eigenvalue weighted by molar-refractivity contribution is 5.77. The summed E-state index contributed by atoms with van der Waals surface area (Å²) < 4.78 is 10.6. The molecule has 1 amide bonds. The van der Waals surface area contributed by atoms with Gasteiger partial charge in [0.2, 0.25) is 5.91 Å². The molecule has 0 aromatic carbocycles. The molecule has 0 aromatic heterocycles. The second-order valence-corrected chi connectivity index (χ2v) is 3.81. The summed E-state index contributed by atoms with van der Waals surface area (Å²) in [5.74, 6) is -0.0572. The van der Waals surface area contributed by atoms with E-state index in [0.29, 0.717) is 19.8 Å². The van der Waals surface area contributed by atoms with Crippen molar-refractivity contribution in [3.8, 4) is 0 Å². The number of hydrogen-bond acceptors (Lipinski definition) is 4. The van der Waals surface area contributed by atoms with Gasteiger partial charge in [0.1, 0.15) is 6.61 Å². The van der Waals surface area contributed by atoms with Crippen molar-refractivity contribution in [2.45, 2.75) is 25.9 Å². The van der Waals surface area contributed by atoms with Gasteiger partial charge in [0.05, 0.1) is 12.7 Å². The first-order valence-corrected chi connectivity index (χ1v) is 5.99. The largest absolute Gasteiger partial charge is 0.380 e. The van der Waals surface area contributed by atoms with Crippen LogP contribution in [-0.4, -0.2) is 51.5 Å². The van der Waals surface area contributed by atoms with E-state index in [2.05, 4.69) is 10.6 Å². The fourth-order valence-corrected chi connectivity index (χ4v) is 1.61. The topological polar surface area (TPSA) is 59.6 Å². The Kier molecular flexibility index (Phi) is 7.12. The Morgan fingerprint density at radius 3 is 2.88 bits per heavy atom. The van der Waals surface area contributed by atoms with Gasteiger partial charge < -0.3 is 20.1 Å². The lowest BCUT2D eigenvalue weighted by Crippen LogP contribution is -2.36. The highest BCUT2D eigenvalue weighted by atomic mass is 16.5. The monoisotopic (exact) mass is 230 g/mol. The molecule has 0 spiro atoms. The number of ether oxygens (including phenoxy) is 2. The highest BCUT2D eigenvalue weighted by Gasteiger charge is 2.14. The third-order valence-electron chi connectivity index (χ3n) is 2.51. The molecule has 2 N–H and O–H groups in total. The third-order valence-corrected chi connectivity index (χ3v) is 2.51. The normalized spacial score (nSPS) is 17.3. The molecule has 16 heavy (non-hydrogen) atoms. The van der Waals surface area contributed by atoms with Crippen molar-refractivity contribution >= 4 is 5.91 Å². The summed E-state index contributed by atoms with van der Waals surface area (Å²) in [6, 6.07) is 0. The molecule has 1 saturated heterocycles. The molecule has 0 unspecified atom stereocenters. The summed E-state index contributed by atoms with van der Waals surface area (Å²) >= 11 is 0. The standard InChI is InChI=1S/C11H22N2O3/c1-2-15-8-7-13-11(14)9-16-10-3-5-12-6-4-10/h10,12H,2-9H2,1H3,(H,13,14). The van der Waals surface area contributed by atoms with Gasteiger partial charge in [0.25, 0.3) is 0 Å². The van der Waals surface area contributed by atoms with E-state index < -0.39 is 0 Å². The average Bonchev–Trinajstić information content (AvgIpc) is 2.33. The van der Waals surface area contributed by atoms with Gasteiger partial charge in [0.15, 0.2) is 0 Å². The molecule has 1 aliphatic heterocycles. The lowest BCUT2D eigenvalue weighted by atomic mass is 10.1. The molecule has 1 aliphatic rings. The van der Waals surface area contributed by atoms with Gasteiger partial charge in [-0.05, 0) is 32.9 Å². The van der Waals surface area contributed by atoms with Gasteiger partial charge in [-0.25, -0.2) is 0 Å². The Hall–Kier alpha value is -0.650. The minimum absolute atomic E-state index is 0.0572. The maximum absolute atomic E-state index is 11.3. The van der Waals surface area contributed by atoms with Crippen LogP contribution in [0.5, 0.6) is 0 Å². The summed E-state index contributed by atoms with van der Waals surface area (Å²) in [4.78, 5) is 11.3. The maximum atomic E-state index is 11.3. The van der Waals surface area contributed by atoms with Crippen LogP contribution in [-0.2, 0) is 14.3 Å². The predicted octanol–water partition coefficient (Wildman–Crippen LogP) is -0.0923. The fourth-order valence-electron chi connectivity index (χ4n) is 1.61. The van der Waals surface area contributed by atoms with Crippen molar-refractivity contribution < 1.29 is 14.3 Å². The van der Waals surface area contributed by atoms with Crippen LogP contribution >= 0.6 is 0 Å². The quantitative estimate of drug-likeness (QED) is 0.600. The van der Waals surface area contributed by atoms with E-state index in [1.807, 2.05) is 6.92 Å². The van der Waals surface area contributed by atoms with Gasteiger partial charge in [-0.15, -0.1) is 0 Å². The van der Waals surface area contributed by atoms with Crippen molar-refractivity contribution in [2.24, 2.45) is 0 Å². The summed E-state index contributed by atoms with van der Waals surface area (Å²) in [5, 5.41) is 6.01. The minimum Gasteiger partial charge on any atom is -0.380 e. The Balaban J connectivity index is 1.96. The zero-order chi connectivity index (χ0) is 11.6. The molecule has 0 radical (unpaired) electrons. The van der Waals surface area contributed by atoms with Crippen LogP contribution in [0.25, 0.3) is 0 Å². The molecule has 0 saturated carbocycles. The van der Waals surface area contributed by atoms with Crippen LogP contribution in [0.2, 0.25) is 0 Å². The van der Waals surface area contributed by atoms with E-state index in [9.17, 15) is 4.79 Å². The van der Waals surface area contributed by atoms with Gasteiger partial charge in [-0.1, -0.05) is 0 Å². The van der Waals surface area contributed by atoms with Crippen molar-refractivity contribution in [1.29, 1.82) is 0 Å². The van der Waals surface area contributed by atoms with E-state index in [1.54, 1.807) is 0 Å². The molecule has 1 fully saturated rings. The first-order chi connectivity index (χ1) is 7.83. The number of carbonyl (C=O) groups excluding carboxylic acids is 1. The Labute approximate surface area is 96.9 Å². The van der Waals surface area contributed by atoms with Crippen molar-refractivity contribution in [1.82, 2.24) is 10.6 Å². The molecule has 0 bridgehead atoms. The summed E-state index contributed by atoms with van der Waals surface area (Å²) in [5.41, 5.74) is 0. The smallest absolute Gasteiger partial charge is 0.246 e. The van der Waals surface area contributed by atoms with Gasteiger partial charge in [0, 0.05) is 13.2 Å². The van der Waals surface area contributed by atoms with Crippen LogP contribution in [0.15, 0.2) is 0 Å². The van der Waals surface area contributed by atoms with Crippen molar-refractivity contribution in [3.05, 3.63) is 0 Å². The number of piperidine rings is 1. The summed E-state index contributed by atoms with van der Waals surface area (Å²) in [7, 11) is 0. The first kappa shape index (κ1) is 13.4. The fraction of sp³-hybridized carbons (Fsp3) is 0.909. The zero-order valence-corrected chi connectivity index (χ0v) is 9.96. The number of carbonyl (C=O) groups is 1. The molecule has 0 atom stereocenters. The second-order valence-electron chi connectivity index (χ2n) is 3.81. The molecular weight excluding hydrogens is 208 g/mol. The number of rotatable bonds is 7. The predicted molar refractivity (Wildman–Crippen MR) is 61.3 cm³/mol. The molecular formula is C11H22N2O3. The number of nitrogens with one attached hydrogen (secondary N) is 2. The van der Waals surface area contributed by atoms with Crippen molar-refractivity contribution in [2.75, 3.05) is 39.5 Å². The van der Waals surface area contributed by atoms with E-state index in [1.165, 1.54) is 0 Å². The lowest BCUT2D eigenvalue weighted by molar-refractivity contribution is -0.128. The van der Waals surface area contributed by atoms with Gasteiger partial charge in [-0.2, -0.15) is 0 Å². The lowest BCUT2D eigenvalue weighted by Gasteiger charge is -2.22. The van der Waals surface area contributed by atoms with E-state index >= 15 is 0 Å². The summed E-state index contributed by atoms with van der Waals surface area (Å²) in [6.07, 6.45) is 2.22. The molecule has 94 valence electrons. The van der Waals surface area contributed by atoms with Crippen LogP contribution in [0.1, 0.15) is 19.8 Å². The van der Waals surface area contributed by atoms with E-state index in [-0.39, 0.29) is 18.6 Å². The number of hydrogen-bond donors (Lipinski definition) is 2. The molecule has 1 rings (SSSR count). The Morgan fingerprint density at radius 2 is 2.19 bits per heavy atom. The molecule has 5 heteroatoms. The average molecular weight is 230 g/mol. The highest BCUT2D eigenvalue weighted by Crippen LogP contribution is 2.06. The SMILES string of the molecule is CCOCCNC(=O)COC1CCNCC1. The van der Waals surface area contributed by atoms with Crippen LogP contribution < -0.4 is 10.6 Å². The molecule has 0 aliphatic carbocycles. The Morgan fingerprint density at radius 1 is 1.44 bits per heavy atom.